The predicted octanol–water partition coefficient (Wildman–Crippen LogP) is 4.12. The summed E-state index contributed by atoms with van der Waals surface area (Å²) < 4.78 is 19.1. The summed E-state index contributed by atoms with van der Waals surface area (Å²) in [6, 6.07) is 13.6. The first-order valence-electron chi connectivity index (χ1n) is 10.8. The molecule has 0 radical (unpaired) electrons. The van der Waals surface area contributed by atoms with Gasteiger partial charge < -0.3 is 14.5 Å². The molecule has 166 valence electrons. The molecule has 1 fully saturated rings. The molecule has 2 aromatic carbocycles. The van der Waals surface area contributed by atoms with Gasteiger partial charge in [-0.1, -0.05) is 31.2 Å². The van der Waals surface area contributed by atoms with E-state index in [9.17, 15) is 9.18 Å². The molecule has 7 heteroatoms. The molecule has 0 aliphatic carbocycles. The van der Waals surface area contributed by atoms with E-state index >= 15 is 0 Å². The maximum atomic E-state index is 13.8. The van der Waals surface area contributed by atoms with Crippen LogP contribution >= 0.6 is 0 Å². The fourth-order valence-electron chi connectivity index (χ4n) is 4.13. The van der Waals surface area contributed by atoms with Crippen molar-refractivity contribution in [1.29, 1.82) is 0 Å². The number of halogens is 1. The van der Waals surface area contributed by atoms with Crippen LogP contribution in [0.2, 0.25) is 0 Å². The Hall–Kier alpha value is -3.48. The Labute approximate surface area is 187 Å². The zero-order valence-electron chi connectivity index (χ0n) is 18.6. The Morgan fingerprint density at radius 2 is 1.81 bits per heavy atom. The number of para-hydroxylation sites is 1. The predicted molar refractivity (Wildman–Crippen MR) is 123 cm³/mol. The van der Waals surface area contributed by atoms with E-state index in [0.29, 0.717) is 48.9 Å². The van der Waals surface area contributed by atoms with Gasteiger partial charge in [-0.3, -0.25) is 4.79 Å². The van der Waals surface area contributed by atoms with Crippen LogP contribution in [0.1, 0.15) is 28.5 Å². The molecule has 1 saturated heterocycles. The number of aryl methyl sites for hydroxylation is 1. The van der Waals surface area contributed by atoms with Gasteiger partial charge in [-0.05, 0) is 37.6 Å². The molecule has 32 heavy (non-hydrogen) atoms. The molecule has 1 aliphatic rings. The smallest absolute Gasteiger partial charge is 0.257 e. The van der Waals surface area contributed by atoms with E-state index in [1.807, 2.05) is 30.0 Å². The third kappa shape index (κ3) is 4.28. The molecular weight excluding hydrogens is 407 g/mol. The van der Waals surface area contributed by atoms with Crippen molar-refractivity contribution in [2.24, 2.45) is 0 Å². The second-order valence-electron chi connectivity index (χ2n) is 7.78. The van der Waals surface area contributed by atoms with Crippen molar-refractivity contribution in [3.05, 3.63) is 71.2 Å². The van der Waals surface area contributed by atoms with Gasteiger partial charge in [0.15, 0.2) is 5.82 Å². The van der Waals surface area contributed by atoms with Crippen LogP contribution in [0, 0.1) is 12.7 Å². The van der Waals surface area contributed by atoms with Crippen LogP contribution in [0.25, 0.3) is 11.4 Å². The largest absolute Gasteiger partial charge is 0.496 e. The lowest BCUT2D eigenvalue weighted by atomic mass is 10.1. The summed E-state index contributed by atoms with van der Waals surface area (Å²) in [6.07, 6.45) is 0.797. The first-order chi connectivity index (χ1) is 15.5. The van der Waals surface area contributed by atoms with Gasteiger partial charge >= 0.3 is 0 Å². The molecular formula is C25H27FN4O2. The quantitative estimate of drug-likeness (QED) is 0.605. The van der Waals surface area contributed by atoms with Crippen LogP contribution in [0.3, 0.4) is 0 Å². The lowest BCUT2D eigenvalue weighted by Crippen LogP contribution is -2.49. The number of amides is 1. The molecule has 1 amide bonds. The Morgan fingerprint density at radius 1 is 1.06 bits per heavy atom. The van der Waals surface area contributed by atoms with Crippen LogP contribution in [-0.2, 0) is 6.42 Å². The summed E-state index contributed by atoms with van der Waals surface area (Å²) in [5.74, 6) is 1.62. The number of ether oxygens (including phenoxy) is 1. The first kappa shape index (κ1) is 21.7. The molecule has 4 rings (SSSR count). The number of rotatable bonds is 5. The normalized spacial score (nSPS) is 13.9. The molecule has 0 bridgehead atoms. The first-order valence-corrected chi connectivity index (χ1v) is 10.8. The average molecular weight is 435 g/mol. The van der Waals surface area contributed by atoms with Crippen LogP contribution in [-0.4, -0.2) is 54.1 Å². The highest BCUT2D eigenvalue weighted by Gasteiger charge is 2.26. The zero-order valence-corrected chi connectivity index (χ0v) is 18.6. The van der Waals surface area contributed by atoms with E-state index in [4.69, 9.17) is 9.72 Å². The minimum Gasteiger partial charge on any atom is -0.496 e. The fraction of sp³-hybridized carbons (Fsp3) is 0.320. The van der Waals surface area contributed by atoms with E-state index < -0.39 is 0 Å². The van der Waals surface area contributed by atoms with E-state index in [1.54, 1.807) is 25.3 Å². The number of anilines is 1. The molecule has 6 nitrogen and oxygen atoms in total. The van der Waals surface area contributed by atoms with Gasteiger partial charge in [0, 0.05) is 43.0 Å². The van der Waals surface area contributed by atoms with E-state index in [0.717, 1.165) is 23.5 Å². The SMILES string of the molecule is CCc1c(C)nc(-c2cccc(F)c2)nc1N1CCN(C(=O)c2ccccc2OC)CC1. The maximum absolute atomic E-state index is 13.8. The lowest BCUT2D eigenvalue weighted by Gasteiger charge is -2.36. The van der Waals surface area contributed by atoms with Gasteiger partial charge in [-0.2, -0.15) is 0 Å². The minimum absolute atomic E-state index is 0.0304. The zero-order chi connectivity index (χ0) is 22.7. The van der Waals surface area contributed by atoms with Crippen molar-refractivity contribution in [2.75, 3.05) is 38.2 Å². The highest BCUT2D eigenvalue weighted by Crippen LogP contribution is 2.27. The van der Waals surface area contributed by atoms with Gasteiger partial charge in [-0.25, -0.2) is 14.4 Å². The second kappa shape index (κ2) is 9.34. The molecule has 0 N–H and O–H groups in total. The summed E-state index contributed by atoms with van der Waals surface area (Å²) in [5.41, 5.74) is 3.20. The number of piperazine rings is 1. The topological polar surface area (TPSA) is 58.6 Å². The van der Waals surface area contributed by atoms with Crippen LogP contribution in [0.4, 0.5) is 10.2 Å². The average Bonchev–Trinajstić information content (AvgIpc) is 2.83. The monoisotopic (exact) mass is 434 g/mol. The van der Waals surface area contributed by atoms with Gasteiger partial charge in [-0.15, -0.1) is 0 Å². The van der Waals surface area contributed by atoms with Gasteiger partial charge in [0.2, 0.25) is 0 Å². The van der Waals surface area contributed by atoms with E-state index in [-0.39, 0.29) is 11.7 Å². The van der Waals surface area contributed by atoms with Gasteiger partial charge in [0.05, 0.1) is 12.7 Å². The maximum Gasteiger partial charge on any atom is 0.257 e. The van der Waals surface area contributed by atoms with Gasteiger partial charge in [0.25, 0.3) is 5.91 Å². The van der Waals surface area contributed by atoms with Crippen molar-refractivity contribution in [2.45, 2.75) is 20.3 Å². The summed E-state index contributed by atoms with van der Waals surface area (Å²) in [7, 11) is 1.57. The molecule has 1 aliphatic heterocycles. The van der Waals surface area contributed by atoms with Crippen molar-refractivity contribution < 1.29 is 13.9 Å². The Morgan fingerprint density at radius 3 is 2.50 bits per heavy atom. The number of hydrogen-bond acceptors (Lipinski definition) is 5. The van der Waals surface area contributed by atoms with E-state index in [1.165, 1.54) is 12.1 Å². The summed E-state index contributed by atoms with van der Waals surface area (Å²) >= 11 is 0. The second-order valence-corrected chi connectivity index (χ2v) is 7.78. The van der Waals surface area contributed by atoms with Crippen molar-refractivity contribution in [3.8, 4) is 17.1 Å². The molecule has 0 unspecified atom stereocenters. The summed E-state index contributed by atoms with van der Waals surface area (Å²) in [4.78, 5) is 26.5. The number of methoxy groups -OCH3 is 1. The third-order valence-electron chi connectivity index (χ3n) is 5.83. The number of benzene rings is 2. The number of carbonyl (C=O) groups is 1. The molecule has 0 atom stereocenters. The fourth-order valence-corrected chi connectivity index (χ4v) is 4.13. The Balaban J connectivity index is 1.57. The van der Waals surface area contributed by atoms with Crippen molar-refractivity contribution >= 4 is 11.7 Å². The minimum atomic E-state index is -0.312. The van der Waals surface area contributed by atoms with Crippen LogP contribution < -0.4 is 9.64 Å². The number of carbonyl (C=O) groups excluding carboxylic acids is 1. The Bertz CT molecular complexity index is 1130. The Kier molecular flexibility index (Phi) is 6.35. The number of hydrogen-bond donors (Lipinski definition) is 0. The standard InChI is InChI=1S/C25H27FN4O2/c1-4-20-17(2)27-23(18-8-7-9-19(26)16-18)28-24(20)29-12-14-30(15-13-29)25(31)21-10-5-6-11-22(21)32-3/h5-11,16H,4,12-15H2,1-3H3. The van der Waals surface area contributed by atoms with Crippen molar-refractivity contribution in [3.63, 3.8) is 0 Å². The molecule has 2 heterocycles. The van der Waals surface area contributed by atoms with E-state index in [2.05, 4.69) is 16.8 Å². The number of aromatic nitrogens is 2. The summed E-state index contributed by atoms with van der Waals surface area (Å²) in [6.45, 7) is 6.53. The molecule has 3 aromatic rings. The molecule has 1 aromatic heterocycles. The van der Waals surface area contributed by atoms with Gasteiger partial charge in [0.1, 0.15) is 17.4 Å². The lowest BCUT2D eigenvalue weighted by molar-refractivity contribution is 0.0743. The van der Waals surface area contributed by atoms with Crippen LogP contribution in [0.5, 0.6) is 5.75 Å². The molecule has 0 spiro atoms. The van der Waals surface area contributed by atoms with Crippen molar-refractivity contribution in [1.82, 2.24) is 14.9 Å². The molecule has 0 saturated carbocycles. The number of nitrogens with zero attached hydrogens (tertiary/aromatic N) is 4. The highest BCUT2D eigenvalue weighted by molar-refractivity contribution is 5.97. The summed E-state index contributed by atoms with van der Waals surface area (Å²) in [5, 5.41) is 0. The third-order valence-corrected chi connectivity index (χ3v) is 5.83. The van der Waals surface area contributed by atoms with Crippen LogP contribution in [0.15, 0.2) is 48.5 Å². The highest BCUT2D eigenvalue weighted by atomic mass is 19.1.